The largest absolute Gasteiger partial charge is 0.464 e. The number of rotatable bonds is 6. The molecule has 7 heteroatoms. The quantitative estimate of drug-likeness (QED) is 0.753. The van der Waals surface area contributed by atoms with Crippen LogP contribution in [0, 0.1) is 0 Å². The van der Waals surface area contributed by atoms with E-state index in [1.807, 2.05) is 20.8 Å². The Morgan fingerprint density at radius 2 is 2.10 bits per heavy atom. The highest BCUT2D eigenvalue weighted by molar-refractivity contribution is 5.89. The lowest BCUT2D eigenvalue weighted by Crippen LogP contribution is -2.40. The molecule has 21 heavy (non-hydrogen) atoms. The van der Waals surface area contributed by atoms with E-state index in [1.54, 1.807) is 11.0 Å². The normalized spacial score (nSPS) is 10.3. The molecular weight excluding hydrogens is 272 g/mol. The summed E-state index contributed by atoms with van der Waals surface area (Å²) < 4.78 is 4.64. The molecule has 1 rings (SSSR count). The molecule has 3 N–H and O–H groups in total. The molecule has 0 spiro atoms. The average Bonchev–Trinajstić information content (AvgIpc) is 2.44. The van der Waals surface area contributed by atoms with Gasteiger partial charge in [-0.05, 0) is 32.9 Å². The molecule has 1 aromatic rings. The molecule has 7 nitrogen and oxygen atoms in total. The molecule has 1 amide bonds. The standard InChI is InChI=1S/C14H22N4O3/c1-5-18(8-12(19)16-9(2)3)13-10(15)6-7-11(17-13)14(20)21-4/h6-7,9H,5,8,15H2,1-4H3,(H,16,19). The lowest BCUT2D eigenvalue weighted by molar-refractivity contribution is -0.120. The van der Waals surface area contributed by atoms with Gasteiger partial charge in [0.2, 0.25) is 5.91 Å². The second-order valence-electron chi connectivity index (χ2n) is 4.84. The van der Waals surface area contributed by atoms with E-state index in [2.05, 4.69) is 15.0 Å². The molecule has 0 aromatic carbocycles. The van der Waals surface area contributed by atoms with Gasteiger partial charge in [-0.1, -0.05) is 0 Å². The highest BCUT2D eigenvalue weighted by Crippen LogP contribution is 2.20. The lowest BCUT2D eigenvalue weighted by Gasteiger charge is -2.23. The molecule has 0 bridgehead atoms. The number of hydrogen-bond donors (Lipinski definition) is 2. The fourth-order valence-corrected chi connectivity index (χ4v) is 1.81. The fraction of sp³-hybridized carbons (Fsp3) is 0.500. The third kappa shape index (κ3) is 4.62. The number of aromatic nitrogens is 1. The van der Waals surface area contributed by atoms with Crippen LogP contribution in [0.2, 0.25) is 0 Å². The summed E-state index contributed by atoms with van der Waals surface area (Å²) in [5, 5.41) is 2.80. The van der Waals surface area contributed by atoms with Crippen LogP contribution in [0.4, 0.5) is 11.5 Å². The van der Waals surface area contributed by atoms with Gasteiger partial charge in [-0.25, -0.2) is 9.78 Å². The van der Waals surface area contributed by atoms with E-state index in [1.165, 1.54) is 13.2 Å². The van der Waals surface area contributed by atoms with Crippen LogP contribution in [0.1, 0.15) is 31.3 Å². The monoisotopic (exact) mass is 294 g/mol. The molecule has 0 saturated carbocycles. The average molecular weight is 294 g/mol. The van der Waals surface area contributed by atoms with Crippen molar-refractivity contribution in [2.75, 3.05) is 30.8 Å². The van der Waals surface area contributed by atoms with Crippen LogP contribution in [0.3, 0.4) is 0 Å². The zero-order valence-electron chi connectivity index (χ0n) is 12.8. The Morgan fingerprint density at radius 3 is 2.62 bits per heavy atom. The Labute approximate surface area is 124 Å². The van der Waals surface area contributed by atoms with E-state index in [0.29, 0.717) is 18.1 Å². The van der Waals surface area contributed by atoms with Gasteiger partial charge in [-0.3, -0.25) is 4.79 Å². The molecule has 0 saturated heterocycles. The Bertz CT molecular complexity index is 517. The Hall–Kier alpha value is -2.31. The van der Waals surface area contributed by atoms with Gasteiger partial charge in [0, 0.05) is 12.6 Å². The fourth-order valence-electron chi connectivity index (χ4n) is 1.81. The zero-order valence-corrected chi connectivity index (χ0v) is 12.8. The number of nitrogens with two attached hydrogens (primary N) is 1. The summed E-state index contributed by atoms with van der Waals surface area (Å²) in [7, 11) is 1.29. The number of nitrogen functional groups attached to an aromatic ring is 1. The van der Waals surface area contributed by atoms with E-state index in [-0.39, 0.29) is 24.2 Å². The van der Waals surface area contributed by atoms with Crippen LogP contribution in [0.5, 0.6) is 0 Å². The number of carbonyl (C=O) groups is 2. The number of likely N-dealkylation sites (N-methyl/N-ethyl adjacent to an activating group) is 1. The number of amides is 1. The summed E-state index contributed by atoms with van der Waals surface area (Å²) in [6, 6.07) is 3.13. The Morgan fingerprint density at radius 1 is 1.43 bits per heavy atom. The molecule has 116 valence electrons. The van der Waals surface area contributed by atoms with E-state index in [0.717, 1.165) is 0 Å². The van der Waals surface area contributed by atoms with Crippen LogP contribution in [-0.4, -0.2) is 43.1 Å². The predicted molar refractivity (Wildman–Crippen MR) is 81.2 cm³/mol. The van der Waals surface area contributed by atoms with Crippen LogP contribution in [0.15, 0.2) is 12.1 Å². The summed E-state index contributed by atoms with van der Waals surface area (Å²) in [5.74, 6) is -0.269. The first-order chi connectivity index (χ1) is 9.88. The van der Waals surface area contributed by atoms with Crippen molar-refractivity contribution >= 4 is 23.4 Å². The van der Waals surface area contributed by atoms with Gasteiger partial charge in [0.25, 0.3) is 0 Å². The molecule has 0 unspecified atom stereocenters. The minimum atomic E-state index is -0.543. The molecule has 0 fully saturated rings. The van der Waals surface area contributed by atoms with Gasteiger partial charge in [-0.2, -0.15) is 0 Å². The van der Waals surface area contributed by atoms with Gasteiger partial charge in [0.15, 0.2) is 11.5 Å². The smallest absolute Gasteiger partial charge is 0.356 e. The van der Waals surface area contributed by atoms with Crippen LogP contribution in [0.25, 0.3) is 0 Å². The highest BCUT2D eigenvalue weighted by Gasteiger charge is 2.17. The third-order valence-corrected chi connectivity index (χ3v) is 2.77. The maximum absolute atomic E-state index is 11.9. The molecule has 0 radical (unpaired) electrons. The minimum absolute atomic E-state index is 0.0583. The van der Waals surface area contributed by atoms with Gasteiger partial charge >= 0.3 is 5.97 Å². The summed E-state index contributed by atoms with van der Waals surface area (Å²) >= 11 is 0. The highest BCUT2D eigenvalue weighted by atomic mass is 16.5. The molecule has 1 heterocycles. The number of anilines is 2. The molecule has 0 aliphatic rings. The van der Waals surface area contributed by atoms with Crippen LogP contribution < -0.4 is 16.0 Å². The van der Waals surface area contributed by atoms with Gasteiger partial charge < -0.3 is 20.7 Å². The van der Waals surface area contributed by atoms with E-state index in [9.17, 15) is 9.59 Å². The SMILES string of the molecule is CCN(CC(=O)NC(C)C)c1nc(C(=O)OC)ccc1N. The van der Waals surface area contributed by atoms with Crippen molar-refractivity contribution in [1.29, 1.82) is 0 Å². The Balaban J connectivity index is 2.99. The number of nitrogens with one attached hydrogen (secondary N) is 1. The second-order valence-corrected chi connectivity index (χ2v) is 4.84. The second kappa shape index (κ2) is 7.47. The number of methoxy groups -OCH3 is 1. The number of carbonyl (C=O) groups excluding carboxylic acids is 2. The van der Waals surface area contributed by atoms with Crippen LogP contribution in [-0.2, 0) is 9.53 Å². The van der Waals surface area contributed by atoms with Gasteiger partial charge in [-0.15, -0.1) is 0 Å². The van der Waals surface area contributed by atoms with Crippen LogP contribution >= 0.6 is 0 Å². The molecular formula is C14H22N4O3. The minimum Gasteiger partial charge on any atom is -0.464 e. The van der Waals surface area contributed by atoms with Crippen molar-refractivity contribution in [3.8, 4) is 0 Å². The number of nitrogens with zero attached hydrogens (tertiary/aromatic N) is 2. The molecule has 1 aromatic heterocycles. The number of esters is 1. The summed E-state index contributed by atoms with van der Waals surface area (Å²) in [6.07, 6.45) is 0. The number of pyridine rings is 1. The third-order valence-electron chi connectivity index (χ3n) is 2.77. The van der Waals surface area contributed by atoms with E-state index in [4.69, 9.17) is 5.73 Å². The van der Waals surface area contributed by atoms with Crippen molar-refractivity contribution in [3.63, 3.8) is 0 Å². The number of hydrogen-bond acceptors (Lipinski definition) is 6. The summed E-state index contributed by atoms with van der Waals surface area (Å²) in [6.45, 7) is 6.32. The topological polar surface area (TPSA) is 97.5 Å². The maximum atomic E-state index is 11.9. The van der Waals surface area contributed by atoms with Crippen molar-refractivity contribution in [2.24, 2.45) is 0 Å². The first kappa shape index (κ1) is 16.7. The maximum Gasteiger partial charge on any atom is 0.356 e. The van der Waals surface area contributed by atoms with Crippen molar-refractivity contribution in [1.82, 2.24) is 10.3 Å². The van der Waals surface area contributed by atoms with E-state index >= 15 is 0 Å². The van der Waals surface area contributed by atoms with Crippen molar-refractivity contribution in [3.05, 3.63) is 17.8 Å². The molecule has 0 aliphatic heterocycles. The predicted octanol–water partition coefficient (Wildman–Crippen LogP) is 0.801. The molecule has 0 atom stereocenters. The lowest BCUT2D eigenvalue weighted by atomic mass is 10.3. The zero-order chi connectivity index (χ0) is 16.0. The van der Waals surface area contributed by atoms with Crippen molar-refractivity contribution < 1.29 is 14.3 Å². The Kier molecular flexibility index (Phi) is 5.95. The van der Waals surface area contributed by atoms with Gasteiger partial charge in [0.05, 0.1) is 19.3 Å². The molecule has 0 aliphatic carbocycles. The van der Waals surface area contributed by atoms with E-state index < -0.39 is 5.97 Å². The van der Waals surface area contributed by atoms with Gasteiger partial charge in [0.1, 0.15) is 0 Å². The first-order valence-electron chi connectivity index (χ1n) is 6.78. The summed E-state index contributed by atoms with van der Waals surface area (Å²) in [4.78, 5) is 29.3. The first-order valence-corrected chi connectivity index (χ1v) is 6.78. The summed E-state index contributed by atoms with van der Waals surface area (Å²) in [5.41, 5.74) is 6.46. The van der Waals surface area contributed by atoms with Crippen molar-refractivity contribution in [2.45, 2.75) is 26.8 Å². The number of ether oxygens (including phenoxy) is 1.